The zero-order chi connectivity index (χ0) is 62.7. The van der Waals surface area contributed by atoms with E-state index in [1.165, 1.54) is 186 Å². The van der Waals surface area contributed by atoms with Crippen LogP contribution in [-0.2, 0) is 18.9 Å². The highest BCUT2D eigenvalue weighted by molar-refractivity contribution is 6.22. The predicted molar refractivity (Wildman–Crippen MR) is 360 cm³/mol. The van der Waals surface area contributed by atoms with E-state index in [0.717, 1.165) is 101 Å². The summed E-state index contributed by atoms with van der Waals surface area (Å²) in [4.78, 5) is 73.8. The second kappa shape index (κ2) is 52.9. The third-order valence-corrected chi connectivity index (χ3v) is 17.1. The molecule has 0 aliphatic heterocycles. The van der Waals surface area contributed by atoms with Crippen LogP contribution < -0.4 is 0 Å². The second-order valence-electron chi connectivity index (χ2n) is 27.2. The number of unbranched alkanes of at least 4 members (excludes halogenated alkanes) is 36. The van der Waals surface area contributed by atoms with E-state index < -0.39 is 40.8 Å². The van der Waals surface area contributed by atoms with Crippen LogP contribution in [0.4, 0.5) is 0 Å². The minimum absolute atomic E-state index is 0.0306. The number of hydrogen-bond acceptors (Lipinski definition) is 9. The van der Waals surface area contributed by atoms with Gasteiger partial charge in [-0.05, 0) is 55.4 Å². The quantitative estimate of drug-likeness (QED) is 0.0276. The zero-order valence-electron chi connectivity index (χ0n) is 56.9. The SMILES string of the molecule is CC(C)CCCCCCCCCCCCOC(=O)c1cc(C(=O)c2ccccc2)c(C(=O)OCCCCCCCCCCCCC(C)C)c(C(=O)OCCCCCCCCCCCCC(C)C)c1C(=O)OCCCCCCCCCCCCC(C)C. The zero-order valence-corrected chi connectivity index (χ0v) is 56.9. The third-order valence-electron chi connectivity index (χ3n) is 17.1. The number of hydrogen-bond donors (Lipinski definition) is 0. The van der Waals surface area contributed by atoms with Crippen LogP contribution in [-0.4, -0.2) is 56.1 Å². The van der Waals surface area contributed by atoms with Crippen LogP contribution >= 0.6 is 0 Å². The Labute approximate surface area is 527 Å². The number of carbonyl (C=O) groups is 5. The molecular weight excluding hydrogens is 1070 g/mol. The number of ether oxygens (including phenoxy) is 4. The molecule has 0 saturated heterocycles. The highest BCUT2D eigenvalue weighted by Crippen LogP contribution is 2.31. The monoisotopic (exact) mass is 1200 g/mol. The molecule has 2 rings (SSSR count). The molecule has 2 aromatic carbocycles. The lowest BCUT2D eigenvalue weighted by Gasteiger charge is -2.20. The van der Waals surface area contributed by atoms with E-state index in [-0.39, 0.29) is 48.7 Å². The Morgan fingerprint density at radius 3 is 0.756 bits per heavy atom. The lowest BCUT2D eigenvalue weighted by atomic mass is 9.87. The van der Waals surface area contributed by atoms with Crippen molar-refractivity contribution in [2.75, 3.05) is 26.4 Å². The van der Waals surface area contributed by atoms with Crippen LogP contribution in [0.15, 0.2) is 36.4 Å². The second-order valence-corrected chi connectivity index (χ2v) is 27.2. The first-order chi connectivity index (χ1) is 41.7. The number of ketones is 1. The Hall–Kier alpha value is -4.01. The largest absolute Gasteiger partial charge is 0.462 e. The fraction of sp³-hybridized carbons (Fsp3) is 0.779. The summed E-state index contributed by atoms with van der Waals surface area (Å²) in [6, 6.07) is 9.72. The number of benzene rings is 2. The van der Waals surface area contributed by atoms with Crippen molar-refractivity contribution in [3.05, 3.63) is 69.8 Å². The minimum Gasteiger partial charge on any atom is -0.462 e. The average Bonchev–Trinajstić information content (AvgIpc) is 0.860. The van der Waals surface area contributed by atoms with E-state index in [9.17, 15) is 24.0 Å². The fourth-order valence-electron chi connectivity index (χ4n) is 11.6. The van der Waals surface area contributed by atoms with Crippen molar-refractivity contribution in [1.29, 1.82) is 0 Å². The molecule has 9 heteroatoms. The summed E-state index contributed by atoms with van der Waals surface area (Å²) < 4.78 is 23.9. The van der Waals surface area contributed by atoms with Gasteiger partial charge in [-0.25, -0.2) is 19.2 Å². The van der Waals surface area contributed by atoms with Gasteiger partial charge in [0.1, 0.15) is 0 Å². The molecule has 0 bridgehead atoms. The van der Waals surface area contributed by atoms with Crippen LogP contribution in [0.2, 0.25) is 0 Å². The summed E-state index contributed by atoms with van der Waals surface area (Å²) in [6.07, 6.45) is 49.6. The maximum absolute atomic E-state index is 14.9. The van der Waals surface area contributed by atoms with Gasteiger partial charge in [0.05, 0.1) is 48.7 Å². The summed E-state index contributed by atoms with van der Waals surface area (Å²) in [5, 5.41) is 0. The van der Waals surface area contributed by atoms with E-state index in [2.05, 4.69) is 55.4 Å². The lowest BCUT2D eigenvalue weighted by molar-refractivity contribution is 0.0414. The molecule has 0 radical (unpaired) electrons. The highest BCUT2D eigenvalue weighted by atomic mass is 16.5. The minimum atomic E-state index is -0.978. The maximum atomic E-state index is 14.9. The van der Waals surface area contributed by atoms with Gasteiger partial charge in [0, 0.05) is 11.1 Å². The van der Waals surface area contributed by atoms with Gasteiger partial charge in [-0.3, -0.25) is 4.79 Å². The van der Waals surface area contributed by atoms with E-state index in [0.29, 0.717) is 25.7 Å². The van der Waals surface area contributed by atoms with Crippen molar-refractivity contribution in [1.82, 2.24) is 0 Å². The molecule has 0 unspecified atom stereocenters. The number of esters is 4. The molecule has 0 aromatic heterocycles. The Balaban J connectivity index is 2.40. The molecule has 0 spiro atoms. The first-order valence-electron chi connectivity index (χ1n) is 36.2. The summed E-state index contributed by atoms with van der Waals surface area (Å²) in [6.45, 7) is 18.5. The van der Waals surface area contributed by atoms with Crippen LogP contribution in [0.5, 0.6) is 0 Å². The van der Waals surface area contributed by atoms with Gasteiger partial charge in [0.2, 0.25) is 0 Å². The van der Waals surface area contributed by atoms with Crippen molar-refractivity contribution in [3.8, 4) is 0 Å². The van der Waals surface area contributed by atoms with E-state index in [1.807, 2.05) is 0 Å². The maximum Gasteiger partial charge on any atom is 0.339 e. The summed E-state index contributed by atoms with van der Waals surface area (Å²) in [7, 11) is 0. The van der Waals surface area contributed by atoms with Gasteiger partial charge in [-0.15, -0.1) is 0 Å². The van der Waals surface area contributed by atoms with Gasteiger partial charge in [-0.2, -0.15) is 0 Å². The standard InChI is InChI=1S/C77H130O9/c1-63(2)52-42-33-25-17-9-13-21-29-37-48-58-83-74(79)69-62-68(73(78)67-56-46-41-47-57-67)70(75(80)84-59-49-38-30-22-14-10-18-26-34-43-53-64(3)4)72(77(82)86-61-51-40-32-24-16-12-20-28-36-45-55-66(7)8)71(69)76(81)85-60-50-39-31-23-15-11-19-27-35-44-54-65(5)6/h41,46-47,56-57,62-66H,9-40,42-45,48-55,58-61H2,1-8H3. The van der Waals surface area contributed by atoms with Crippen LogP contribution in [0.3, 0.4) is 0 Å². The molecule has 2 aromatic rings. The molecule has 0 amide bonds. The van der Waals surface area contributed by atoms with Gasteiger partial charge in [0.15, 0.2) is 5.78 Å². The smallest absolute Gasteiger partial charge is 0.339 e. The molecule has 0 fully saturated rings. The van der Waals surface area contributed by atoms with Crippen molar-refractivity contribution in [2.45, 2.75) is 338 Å². The number of rotatable bonds is 58. The van der Waals surface area contributed by atoms with Crippen LogP contribution in [0, 0.1) is 23.7 Å². The average molecular weight is 1200 g/mol. The molecule has 0 heterocycles. The van der Waals surface area contributed by atoms with Crippen LogP contribution in [0.25, 0.3) is 0 Å². The Bertz CT molecular complexity index is 2020. The molecule has 492 valence electrons. The first-order valence-corrected chi connectivity index (χ1v) is 36.2. The molecule has 0 atom stereocenters. The molecule has 86 heavy (non-hydrogen) atoms. The molecule has 0 saturated carbocycles. The van der Waals surface area contributed by atoms with Crippen molar-refractivity contribution < 1.29 is 42.9 Å². The van der Waals surface area contributed by atoms with Gasteiger partial charge in [0.25, 0.3) is 0 Å². The van der Waals surface area contributed by atoms with Crippen molar-refractivity contribution >= 4 is 29.7 Å². The van der Waals surface area contributed by atoms with E-state index in [1.54, 1.807) is 30.3 Å². The Morgan fingerprint density at radius 2 is 0.488 bits per heavy atom. The summed E-state index contributed by atoms with van der Waals surface area (Å²) >= 11 is 0. The van der Waals surface area contributed by atoms with Gasteiger partial charge >= 0.3 is 23.9 Å². The van der Waals surface area contributed by atoms with Crippen molar-refractivity contribution in [2.24, 2.45) is 23.7 Å². The molecule has 0 aliphatic rings. The topological polar surface area (TPSA) is 122 Å². The van der Waals surface area contributed by atoms with E-state index in [4.69, 9.17) is 18.9 Å². The van der Waals surface area contributed by atoms with Gasteiger partial charge < -0.3 is 18.9 Å². The molecular formula is C77H130O9. The third kappa shape index (κ3) is 39.8. The van der Waals surface area contributed by atoms with Gasteiger partial charge in [-0.1, -0.05) is 343 Å². The van der Waals surface area contributed by atoms with Crippen LogP contribution in [0.1, 0.15) is 395 Å². The van der Waals surface area contributed by atoms with Crippen molar-refractivity contribution in [3.63, 3.8) is 0 Å². The molecule has 0 N–H and O–H groups in total. The fourth-order valence-corrected chi connectivity index (χ4v) is 11.6. The normalized spacial score (nSPS) is 11.6. The van der Waals surface area contributed by atoms with E-state index >= 15 is 0 Å². The Kier molecular flexibility index (Phi) is 48.0. The molecule has 9 nitrogen and oxygen atoms in total. The Morgan fingerprint density at radius 1 is 0.267 bits per heavy atom. The first kappa shape index (κ1) is 78.1. The molecule has 0 aliphatic carbocycles. The predicted octanol–water partition coefficient (Wildman–Crippen LogP) is 23.3. The number of carbonyl (C=O) groups excluding carboxylic acids is 5. The summed E-state index contributed by atoms with van der Waals surface area (Å²) in [5.74, 6) is -1.26. The highest BCUT2D eigenvalue weighted by Gasteiger charge is 2.37. The summed E-state index contributed by atoms with van der Waals surface area (Å²) in [5.41, 5.74) is -1.57. The lowest BCUT2D eigenvalue weighted by Crippen LogP contribution is -2.27.